The van der Waals surface area contributed by atoms with Crippen molar-refractivity contribution in [1.82, 2.24) is 16.0 Å². The minimum atomic E-state index is 0.635. The molecule has 0 aromatic carbocycles. The first-order chi connectivity index (χ1) is 9.88. The topological polar surface area (TPSA) is 27.3 Å². The smallest absolute Gasteiger partial charge is 0.0463 e. The number of unbranched alkanes of at least 4 members (excludes halogenated alkanes) is 9. The highest BCUT2D eigenvalue weighted by Gasteiger charge is 2.14. The van der Waals surface area contributed by atoms with Gasteiger partial charge in [-0.05, 0) is 12.8 Å². The lowest BCUT2D eigenvalue weighted by molar-refractivity contribution is 0.179. The third-order valence-corrected chi connectivity index (χ3v) is 4.27. The highest BCUT2D eigenvalue weighted by atomic mass is 15.7. The predicted octanol–water partition coefficient (Wildman–Crippen LogP) is 4.87. The third-order valence-electron chi connectivity index (χ3n) is 4.27. The number of nitrogens with one attached hydrogen (secondary N) is 2. The van der Waals surface area contributed by atoms with Crippen LogP contribution in [0, 0.1) is 0 Å². The van der Waals surface area contributed by atoms with Crippen LogP contribution in [0.25, 0.3) is 0 Å². The number of hydrogen-bond acceptors (Lipinski definition) is 3. The molecule has 0 saturated carbocycles. The van der Waals surface area contributed by atoms with E-state index in [2.05, 4.69) is 36.0 Å². The highest BCUT2D eigenvalue weighted by molar-refractivity contribution is 4.86. The maximum Gasteiger partial charge on any atom is 0.0463 e. The molecular formula is C17H35N3. The fraction of sp³-hybridized carbons (Fsp3) is 0.882. The normalized spacial score (nSPS) is 15.6. The van der Waals surface area contributed by atoms with Gasteiger partial charge in [-0.25, -0.2) is 0 Å². The Morgan fingerprint density at radius 3 is 1.95 bits per heavy atom. The van der Waals surface area contributed by atoms with Gasteiger partial charge < -0.3 is 5.43 Å². The average Bonchev–Trinajstić information content (AvgIpc) is 2.99. The Kier molecular flexibility index (Phi) is 10.5. The Morgan fingerprint density at radius 1 is 0.850 bits per heavy atom. The van der Waals surface area contributed by atoms with E-state index in [0.29, 0.717) is 6.04 Å². The van der Waals surface area contributed by atoms with Crippen molar-refractivity contribution in [2.24, 2.45) is 0 Å². The van der Waals surface area contributed by atoms with Gasteiger partial charge in [0.15, 0.2) is 0 Å². The first-order valence-electron chi connectivity index (χ1n) is 8.84. The number of nitrogens with zero attached hydrogens (tertiary/aromatic N) is 1. The monoisotopic (exact) mass is 281 g/mol. The molecule has 1 aliphatic heterocycles. The Bertz CT molecular complexity index is 240. The molecule has 3 heteroatoms. The van der Waals surface area contributed by atoms with Crippen molar-refractivity contribution < 1.29 is 0 Å². The maximum absolute atomic E-state index is 3.17. The summed E-state index contributed by atoms with van der Waals surface area (Å²) in [6.07, 6.45) is 20.8. The van der Waals surface area contributed by atoms with Gasteiger partial charge >= 0.3 is 0 Å². The summed E-state index contributed by atoms with van der Waals surface area (Å²) in [6.45, 7) is 4.56. The molecule has 0 saturated heterocycles. The van der Waals surface area contributed by atoms with Crippen LogP contribution >= 0.6 is 0 Å². The Labute approximate surface area is 126 Å². The van der Waals surface area contributed by atoms with E-state index in [9.17, 15) is 0 Å². The quantitative estimate of drug-likeness (QED) is 0.471. The molecule has 2 N–H and O–H groups in total. The summed E-state index contributed by atoms with van der Waals surface area (Å²) in [5, 5.41) is 2.20. The Morgan fingerprint density at radius 2 is 1.45 bits per heavy atom. The zero-order valence-electron chi connectivity index (χ0n) is 13.7. The van der Waals surface area contributed by atoms with Gasteiger partial charge in [0.05, 0.1) is 0 Å². The largest absolute Gasteiger partial charge is 0.310 e. The van der Waals surface area contributed by atoms with Crippen molar-refractivity contribution >= 4 is 0 Å². The molecule has 0 amide bonds. The summed E-state index contributed by atoms with van der Waals surface area (Å²) < 4.78 is 0. The van der Waals surface area contributed by atoms with Gasteiger partial charge in [-0.1, -0.05) is 78.1 Å². The first-order valence-corrected chi connectivity index (χ1v) is 8.84. The van der Waals surface area contributed by atoms with Gasteiger partial charge in [0.2, 0.25) is 0 Å². The summed E-state index contributed by atoms with van der Waals surface area (Å²) in [5.41, 5.74) is 6.19. The standard InChI is InChI=1S/C17H35N3/c1-3-5-6-7-8-9-10-11-12-13-14-17(4-2)20-16-15-18-19-20/h15-19H,3-14H2,1-2H3. The van der Waals surface area contributed by atoms with E-state index in [1.54, 1.807) is 0 Å². The van der Waals surface area contributed by atoms with Crippen molar-refractivity contribution in [3.63, 3.8) is 0 Å². The molecule has 1 atom stereocenters. The van der Waals surface area contributed by atoms with Crippen molar-refractivity contribution in [1.29, 1.82) is 0 Å². The summed E-state index contributed by atoms with van der Waals surface area (Å²) in [5.74, 6) is 0. The second kappa shape index (κ2) is 12.1. The summed E-state index contributed by atoms with van der Waals surface area (Å²) >= 11 is 0. The maximum atomic E-state index is 3.17. The lowest BCUT2D eigenvalue weighted by Gasteiger charge is -2.26. The molecule has 118 valence electrons. The fourth-order valence-corrected chi connectivity index (χ4v) is 2.89. The molecule has 0 aliphatic carbocycles. The molecule has 0 spiro atoms. The second-order valence-electron chi connectivity index (χ2n) is 6.01. The van der Waals surface area contributed by atoms with E-state index in [4.69, 9.17) is 0 Å². The van der Waals surface area contributed by atoms with Crippen LogP contribution < -0.4 is 11.0 Å². The van der Waals surface area contributed by atoms with Crippen molar-refractivity contribution in [2.45, 2.75) is 96.9 Å². The Hall–Kier alpha value is -0.700. The van der Waals surface area contributed by atoms with Gasteiger partial charge in [-0.15, -0.1) is 5.53 Å². The van der Waals surface area contributed by atoms with E-state index in [0.717, 1.165) is 0 Å². The minimum Gasteiger partial charge on any atom is -0.310 e. The van der Waals surface area contributed by atoms with E-state index in [1.807, 2.05) is 6.20 Å². The summed E-state index contributed by atoms with van der Waals surface area (Å²) in [7, 11) is 0. The minimum absolute atomic E-state index is 0.635. The van der Waals surface area contributed by atoms with E-state index >= 15 is 0 Å². The third kappa shape index (κ3) is 7.78. The van der Waals surface area contributed by atoms with Crippen LogP contribution in [0.1, 0.15) is 90.9 Å². The van der Waals surface area contributed by atoms with Crippen LogP contribution in [0.4, 0.5) is 0 Å². The van der Waals surface area contributed by atoms with Crippen LogP contribution in [0.2, 0.25) is 0 Å². The van der Waals surface area contributed by atoms with Crippen molar-refractivity contribution in [2.75, 3.05) is 0 Å². The van der Waals surface area contributed by atoms with Gasteiger partial charge in [-0.3, -0.25) is 5.01 Å². The molecule has 1 unspecified atom stereocenters. The summed E-state index contributed by atoms with van der Waals surface area (Å²) in [6, 6.07) is 0.635. The van der Waals surface area contributed by atoms with Gasteiger partial charge in [0.1, 0.15) is 0 Å². The van der Waals surface area contributed by atoms with E-state index < -0.39 is 0 Å². The Balaban J connectivity index is 1.87. The second-order valence-corrected chi connectivity index (χ2v) is 6.01. The molecule has 0 bridgehead atoms. The fourth-order valence-electron chi connectivity index (χ4n) is 2.89. The zero-order valence-corrected chi connectivity index (χ0v) is 13.7. The zero-order chi connectivity index (χ0) is 14.5. The molecule has 3 nitrogen and oxygen atoms in total. The van der Waals surface area contributed by atoms with E-state index in [1.165, 1.54) is 77.0 Å². The first kappa shape index (κ1) is 17.4. The molecule has 1 aliphatic rings. The van der Waals surface area contributed by atoms with Crippen LogP contribution in [-0.2, 0) is 0 Å². The predicted molar refractivity (Wildman–Crippen MR) is 87.8 cm³/mol. The number of rotatable bonds is 13. The summed E-state index contributed by atoms with van der Waals surface area (Å²) in [4.78, 5) is 0. The molecule has 1 heterocycles. The molecular weight excluding hydrogens is 246 g/mol. The molecule has 0 aromatic rings. The van der Waals surface area contributed by atoms with E-state index in [-0.39, 0.29) is 0 Å². The van der Waals surface area contributed by atoms with Gasteiger partial charge in [0, 0.05) is 18.4 Å². The van der Waals surface area contributed by atoms with Gasteiger partial charge in [-0.2, -0.15) is 0 Å². The van der Waals surface area contributed by atoms with Crippen LogP contribution in [-0.4, -0.2) is 11.1 Å². The van der Waals surface area contributed by atoms with Crippen molar-refractivity contribution in [3.05, 3.63) is 12.4 Å². The van der Waals surface area contributed by atoms with Crippen LogP contribution in [0.3, 0.4) is 0 Å². The molecule has 20 heavy (non-hydrogen) atoms. The molecule has 0 radical (unpaired) electrons. The van der Waals surface area contributed by atoms with Crippen LogP contribution in [0.15, 0.2) is 12.4 Å². The van der Waals surface area contributed by atoms with Crippen molar-refractivity contribution in [3.8, 4) is 0 Å². The average molecular weight is 281 g/mol. The molecule has 1 rings (SSSR count). The SMILES string of the molecule is CCCCCCCCCCCCC(CC)N1C=CNN1. The number of hydrogen-bond donors (Lipinski definition) is 2. The molecule has 0 aromatic heterocycles. The lowest BCUT2D eigenvalue weighted by atomic mass is 10.0. The molecule has 0 fully saturated rings. The number of hydrazine groups is 2. The van der Waals surface area contributed by atoms with Gasteiger partial charge in [0.25, 0.3) is 0 Å². The highest BCUT2D eigenvalue weighted by Crippen LogP contribution is 2.15. The van der Waals surface area contributed by atoms with Crippen LogP contribution in [0.5, 0.6) is 0 Å². The lowest BCUT2D eigenvalue weighted by Crippen LogP contribution is -2.42.